The minimum atomic E-state index is -1.18. The number of carbonyl (C=O) groups is 2. The van der Waals surface area contributed by atoms with Crippen molar-refractivity contribution in [2.45, 2.75) is 6.92 Å². The van der Waals surface area contributed by atoms with Gasteiger partial charge in [0.05, 0.1) is 14.7 Å². The van der Waals surface area contributed by atoms with Gasteiger partial charge < -0.3 is 15.9 Å². The highest BCUT2D eigenvalue weighted by molar-refractivity contribution is 14.1. The van der Waals surface area contributed by atoms with Crippen molar-refractivity contribution in [2.75, 3.05) is 5.73 Å². The topological polar surface area (TPSA) is 101 Å². The van der Waals surface area contributed by atoms with Crippen molar-refractivity contribution < 1.29 is 19.8 Å². The molecule has 0 aliphatic heterocycles. The van der Waals surface area contributed by atoms with Crippen LogP contribution >= 0.6 is 45.2 Å². The minimum Gasteiger partial charge on any atom is -0.478 e. The zero-order chi connectivity index (χ0) is 12.6. The molecule has 1 aromatic rings. The summed E-state index contributed by atoms with van der Waals surface area (Å²) in [5.41, 5.74) is 6.19. The average molecular weight is 447 g/mol. The van der Waals surface area contributed by atoms with Gasteiger partial charge in [-0.25, -0.2) is 9.59 Å². The summed E-state index contributed by atoms with van der Waals surface area (Å²) in [6, 6.07) is 0. The van der Waals surface area contributed by atoms with Gasteiger partial charge in [0.2, 0.25) is 0 Å². The summed E-state index contributed by atoms with van der Waals surface area (Å²) in [4.78, 5) is 22.0. The molecule has 0 fully saturated rings. The summed E-state index contributed by atoms with van der Waals surface area (Å²) in [5, 5.41) is 18.0. The van der Waals surface area contributed by atoms with Crippen molar-refractivity contribution in [3.8, 4) is 0 Å². The number of nitrogens with two attached hydrogens (primary N) is 1. The maximum Gasteiger partial charge on any atom is 0.337 e. The molecule has 0 saturated carbocycles. The van der Waals surface area contributed by atoms with Crippen LogP contribution in [0.15, 0.2) is 0 Å². The Kier molecular flexibility index (Phi) is 3.99. The second-order valence-corrected chi connectivity index (χ2v) is 5.18. The minimum absolute atomic E-state index is 0.0454. The number of halogens is 2. The summed E-state index contributed by atoms with van der Waals surface area (Å²) in [5.74, 6) is -2.35. The molecule has 0 radical (unpaired) electrons. The molecule has 0 heterocycles. The first-order valence-corrected chi connectivity index (χ1v) is 6.18. The van der Waals surface area contributed by atoms with Crippen LogP contribution in [0, 0.1) is 14.1 Å². The van der Waals surface area contributed by atoms with E-state index in [9.17, 15) is 9.59 Å². The number of benzene rings is 1. The lowest BCUT2D eigenvalue weighted by Gasteiger charge is -2.13. The van der Waals surface area contributed by atoms with E-state index in [0.29, 0.717) is 9.13 Å². The lowest BCUT2D eigenvalue weighted by atomic mass is 10.0. The highest BCUT2D eigenvalue weighted by Gasteiger charge is 2.25. The Balaban J connectivity index is 3.80. The van der Waals surface area contributed by atoms with Gasteiger partial charge >= 0.3 is 11.9 Å². The standard InChI is InChI=1S/C9H7I2NO4/c1-2-3(8(13)14)5(10)4(9(15)16)6(11)7(2)12/h12H2,1H3,(H,13,14)(H,15,16). The Bertz CT molecular complexity index is 458. The van der Waals surface area contributed by atoms with Gasteiger partial charge in [-0.05, 0) is 57.7 Å². The van der Waals surface area contributed by atoms with Crippen molar-refractivity contribution >= 4 is 62.8 Å². The molecule has 1 rings (SSSR count). The van der Waals surface area contributed by atoms with E-state index in [1.165, 1.54) is 0 Å². The normalized spacial score (nSPS) is 10.2. The van der Waals surface area contributed by atoms with E-state index in [0.717, 1.165) is 0 Å². The monoisotopic (exact) mass is 447 g/mol. The van der Waals surface area contributed by atoms with Crippen LogP contribution in [-0.4, -0.2) is 22.2 Å². The van der Waals surface area contributed by atoms with Gasteiger partial charge in [-0.3, -0.25) is 0 Å². The van der Waals surface area contributed by atoms with E-state index in [1.54, 1.807) is 29.5 Å². The number of aromatic carboxylic acids is 2. The molecule has 0 aliphatic carbocycles. The Hall–Kier alpha value is -0.580. The zero-order valence-corrected chi connectivity index (χ0v) is 12.4. The van der Waals surface area contributed by atoms with Crippen LogP contribution in [0.4, 0.5) is 5.69 Å². The lowest BCUT2D eigenvalue weighted by Crippen LogP contribution is -2.14. The Labute approximate surface area is 118 Å². The van der Waals surface area contributed by atoms with Crippen LogP contribution in [0.25, 0.3) is 0 Å². The van der Waals surface area contributed by atoms with Gasteiger partial charge in [0.15, 0.2) is 0 Å². The van der Waals surface area contributed by atoms with Crippen LogP contribution < -0.4 is 5.73 Å². The molecular formula is C9H7I2NO4. The third-order valence-corrected chi connectivity index (χ3v) is 4.30. The van der Waals surface area contributed by atoms with Gasteiger partial charge in [-0.1, -0.05) is 0 Å². The molecule has 7 heteroatoms. The Morgan fingerprint density at radius 3 is 1.88 bits per heavy atom. The Morgan fingerprint density at radius 1 is 1.06 bits per heavy atom. The first-order chi connectivity index (χ1) is 7.29. The van der Waals surface area contributed by atoms with E-state index < -0.39 is 11.9 Å². The molecule has 0 aliphatic rings. The number of carboxylic acid groups (broad SMARTS) is 2. The van der Waals surface area contributed by atoms with Gasteiger partial charge in [0.25, 0.3) is 0 Å². The maximum absolute atomic E-state index is 11.0. The fourth-order valence-electron chi connectivity index (χ4n) is 1.26. The first-order valence-electron chi connectivity index (χ1n) is 4.02. The number of rotatable bonds is 2. The van der Waals surface area contributed by atoms with Crippen molar-refractivity contribution in [3.05, 3.63) is 23.8 Å². The van der Waals surface area contributed by atoms with Gasteiger partial charge in [0.1, 0.15) is 0 Å². The van der Waals surface area contributed by atoms with Gasteiger partial charge in [-0.2, -0.15) is 0 Å². The van der Waals surface area contributed by atoms with E-state index in [4.69, 9.17) is 15.9 Å². The maximum atomic E-state index is 11.0. The quantitative estimate of drug-likeness (QED) is 0.477. The number of anilines is 1. The molecule has 5 nitrogen and oxygen atoms in total. The van der Waals surface area contributed by atoms with Crippen molar-refractivity contribution in [1.29, 1.82) is 0 Å². The number of nitrogen functional groups attached to an aromatic ring is 1. The predicted octanol–water partition coefficient (Wildman–Crippen LogP) is 2.18. The van der Waals surface area contributed by atoms with Gasteiger partial charge in [0, 0.05) is 9.26 Å². The molecule has 1 aromatic carbocycles. The van der Waals surface area contributed by atoms with Gasteiger partial charge in [-0.15, -0.1) is 0 Å². The van der Waals surface area contributed by atoms with Crippen molar-refractivity contribution in [2.24, 2.45) is 0 Å². The molecule has 86 valence electrons. The fourth-order valence-corrected chi connectivity index (χ4v) is 3.82. The second kappa shape index (κ2) is 4.73. The van der Waals surface area contributed by atoms with E-state index in [2.05, 4.69) is 0 Å². The van der Waals surface area contributed by atoms with E-state index in [1.807, 2.05) is 22.6 Å². The molecule has 0 saturated heterocycles. The predicted molar refractivity (Wildman–Crippen MR) is 74.9 cm³/mol. The van der Waals surface area contributed by atoms with Crippen LogP contribution in [-0.2, 0) is 0 Å². The molecule has 0 bridgehead atoms. The SMILES string of the molecule is Cc1c(N)c(I)c(C(=O)O)c(I)c1C(=O)O. The third kappa shape index (κ3) is 2.10. The fraction of sp³-hybridized carbons (Fsp3) is 0.111. The molecule has 0 unspecified atom stereocenters. The van der Waals surface area contributed by atoms with Crippen LogP contribution in [0.5, 0.6) is 0 Å². The highest BCUT2D eigenvalue weighted by atomic mass is 127. The third-order valence-electron chi connectivity index (χ3n) is 2.10. The number of hydrogen-bond acceptors (Lipinski definition) is 3. The number of carboxylic acids is 2. The lowest BCUT2D eigenvalue weighted by molar-refractivity contribution is 0.0694. The summed E-state index contributed by atoms with van der Waals surface area (Å²) >= 11 is 3.53. The number of hydrogen-bond donors (Lipinski definition) is 3. The molecule has 0 spiro atoms. The van der Waals surface area contributed by atoms with E-state index >= 15 is 0 Å². The second-order valence-electron chi connectivity index (χ2n) is 3.03. The van der Waals surface area contributed by atoms with Crippen molar-refractivity contribution in [1.82, 2.24) is 0 Å². The molecule has 0 atom stereocenters. The van der Waals surface area contributed by atoms with Crippen LogP contribution in [0.3, 0.4) is 0 Å². The smallest absolute Gasteiger partial charge is 0.337 e. The first kappa shape index (κ1) is 13.5. The van der Waals surface area contributed by atoms with Crippen LogP contribution in [0.2, 0.25) is 0 Å². The summed E-state index contributed by atoms with van der Waals surface area (Å²) in [6.07, 6.45) is 0. The molecule has 0 aromatic heterocycles. The van der Waals surface area contributed by atoms with Crippen molar-refractivity contribution in [3.63, 3.8) is 0 Å². The zero-order valence-electron chi connectivity index (χ0n) is 8.04. The van der Waals surface area contributed by atoms with Crippen LogP contribution in [0.1, 0.15) is 26.3 Å². The molecule has 16 heavy (non-hydrogen) atoms. The summed E-state index contributed by atoms with van der Waals surface area (Å²) in [7, 11) is 0. The average Bonchev–Trinajstić information content (AvgIpc) is 2.13. The largest absolute Gasteiger partial charge is 0.478 e. The molecule has 4 N–H and O–H groups in total. The molecular weight excluding hydrogens is 440 g/mol. The summed E-state index contributed by atoms with van der Waals surface area (Å²) in [6.45, 7) is 1.56. The Morgan fingerprint density at radius 2 is 1.50 bits per heavy atom. The van der Waals surface area contributed by atoms with E-state index in [-0.39, 0.29) is 20.4 Å². The highest BCUT2D eigenvalue weighted by Crippen LogP contribution is 2.32. The summed E-state index contributed by atoms with van der Waals surface area (Å²) < 4.78 is 0.575. The molecule has 0 amide bonds.